The lowest BCUT2D eigenvalue weighted by molar-refractivity contribution is -0.145. The third-order valence-electron chi connectivity index (χ3n) is 3.08. The van der Waals surface area contributed by atoms with Gasteiger partial charge in [0, 0.05) is 15.6 Å². The summed E-state index contributed by atoms with van der Waals surface area (Å²) < 4.78 is 5.07. The van der Waals surface area contributed by atoms with Crippen molar-refractivity contribution in [3.63, 3.8) is 0 Å². The number of benzene rings is 2. The highest BCUT2D eigenvalue weighted by Gasteiger charge is 2.10. The standard InChI is InChI=1S/C17H15Cl2NO3/c18-14-7-4-8-15(19)13(14)11-23-17(22)10-20-16(21)9-12-5-2-1-3-6-12/h1-8H,9-11H2,(H,20,21). The lowest BCUT2D eigenvalue weighted by Crippen LogP contribution is -2.31. The highest BCUT2D eigenvalue weighted by molar-refractivity contribution is 6.35. The lowest BCUT2D eigenvalue weighted by atomic mass is 10.1. The van der Waals surface area contributed by atoms with Gasteiger partial charge in [0.25, 0.3) is 0 Å². The molecule has 4 nitrogen and oxygen atoms in total. The third kappa shape index (κ3) is 5.58. The van der Waals surface area contributed by atoms with E-state index < -0.39 is 5.97 Å². The fourth-order valence-electron chi connectivity index (χ4n) is 1.89. The molecule has 0 saturated carbocycles. The first-order valence-corrected chi connectivity index (χ1v) is 7.71. The van der Waals surface area contributed by atoms with E-state index in [9.17, 15) is 9.59 Å². The number of hydrogen-bond acceptors (Lipinski definition) is 3. The Kier molecular flexibility index (Phi) is 6.44. The average molecular weight is 352 g/mol. The predicted octanol–water partition coefficient (Wildman–Crippen LogP) is 3.40. The Balaban J connectivity index is 1.76. The Morgan fingerprint density at radius 1 is 0.957 bits per heavy atom. The molecule has 0 aliphatic carbocycles. The Morgan fingerprint density at radius 3 is 2.26 bits per heavy atom. The predicted molar refractivity (Wildman–Crippen MR) is 89.4 cm³/mol. The highest BCUT2D eigenvalue weighted by atomic mass is 35.5. The van der Waals surface area contributed by atoms with Crippen LogP contribution in [0.3, 0.4) is 0 Å². The van der Waals surface area contributed by atoms with E-state index in [1.165, 1.54) is 0 Å². The first-order chi connectivity index (χ1) is 11.1. The molecule has 0 spiro atoms. The van der Waals surface area contributed by atoms with Crippen LogP contribution in [-0.4, -0.2) is 18.4 Å². The molecule has 0 aliphatic heterocycles. The minimum absolute atomic E-state index is 0.0358. The van der Waals surface area contributed by atoms with Gasteiger partial charge in [-0.2, -0.15) is 0 Å². The van der Waals surface area contributed by atoms with Crippen LogP contribution >= 0.6 is 23.2 Å². The molecule has 120 valence electrons. The van der Waals surface area contributed by atoms with Crippen molar-refractivity contribution in [1.29, 1.82) is 0 Å². The van der Waals surface area contributed by atoms with Crippen molar-refractivity contribution in [2.45, 2.75) is 13.0 Å². The maximum absolute atomic E-state index is 11.7. The van der Waals surface area contributed by atoms with Crippen LogP contribution in [-0.2, 0) is 27.4 Å². The molecule has 6 heteroatoms. The molecular formula is C17H15Cl2NO3. The minimum atomic E-state index is -0.553. The molecule has 0 aromatic heterocycles. The van der Waals surface area contributed by atoms with Crippen molar-refractivity contribution < 1.29 is 14.3 Å². The monoisotopic (exact) mass is 351 g/mol. The molecule has 0 aliphatic rings. The van der Waals surface area contributed by atoms with E-state index in [1.54, 1.807) is 18.2 Å². The van der Waals surface area contributed by atoms with Crippen LogP contribution in [0.5, 0.6) is 0 Å². The number of carbonyl (C=O) groups is 2. The summed E-state index contributed by atoms with van der Waals surface area (Å²) in [7, 11) is 0. The van der Waals surface area contributed by atoms with E-state index in [-0.39, 0.29) is 25.5 Å². The molecule has 0 saturated heterocycles. The van der Waals surface area contributed by atoms with Crippen LogP contribution in [0.2, 0.25) is 10.0 Å². The normalized spacial score (nSPS) is 10.2. The molecule has 2 aromatic rings. The van der Waals surface area contributed by atoms with Crippen LogP contribution in [0.4, 0.5) is 0 Å². The van der Waals surface area contributed by atoms with E-state index in [0.717, 1.165) is 5.56 Å². The zero-order valence-corrected chi connectivity index (χ0v) is 13.7. The van der Waals surface area contributed by atoms with Crippen molar-refractivity contribution in [3.8, 4) is 0 Å². The quantitative estimate of drug-likeness (QED) is 0.811. The second kappa shape index (κ2) is 8.56. The molecule has 0 heterocycles. The Bertz CT molecular complexity index is 669. The number of amides is 1. The van der Waals surface area contributed by atoms with Gasteiger partial charge in [0.15, 0.2) is 0 Å². The largest absolute Gasteiger partial charge is 0.459 e. The maximum Gasteiger partial charge on any atom is 0.325 e. The average Bonchev–Trinajstić information content (AvgIpc) is 2.53. The van der Waals surface area contributed by atoms with E-state index in [0.29, 0.717) is 15.6 Å². The van der Waals surface area contributed by atoms with Crippen molar-refractivity contribution in [1.82, 2.24) is 5.32 Å². The van der Waals surface area contributed by atoms with Crippen molar-refractivity contribution in [2.24, 2.45) is 0 Å². The van der Waals surface area contributed by atoms with Gasteiger partial charge in [0.2, 0.25) is 5.91 Å². The number of halogens is 2. The first kappa shape index (κ1) is 17.3. The van der Waals surface area contributed by atoms with E-state index in [1.807, 2.05) is 30.3 Å². The summed E-state index contributed by atoms with van der Waals surface area (Å²) in [4.78, 5) is 23.4. The van der Waals surface area contributed by atoms with Gasteiger partial charge in [-0.15, -0.1) is 0 Å². The number of carbonyl (C=O) groups excluding carboxylic acids is 2. The fourth-order valence-corrected chi connectivity index (χ4v) is 2.39. The minimum Gasteiger partial charge on any atom is -0.459 e. The van der Waals surface area contributed by atoms with Crippen molar-refractivity contribution >= 4 is 35.1 Å². The second-order valence-corrected chi connectivity index (χ2v) is 5.61. The Labute approximate surface area is 144 Å². The van der Waals surface area contributed by atoms with E-state index in [2.05, 4.69) is 5.32 Å². The van der Waals surface area contributed by atoms with Crippen LogP contribution in [0, 0.1) is 0 Å². The molecule has 0 unspecified atom stereocenters. The smallest absolute Gasteiger partial charge is 0.325 e. The number of nitrogens with one attached hydrogen (secondary N) is 1. The molecule has 2 rings (SSSR count). The summed E-state index contributed by atoms with van der Waals surface area (Å²) in [6.45, 7) is -0.236. The molecule has 0 atom stereocenters. The van der Waals surface area contributed by atoms with Crippen molar-refractivity contribution in [2.75, 3.05) is 6.54 Å². The third-order valence-corrected chi connectivity index (χ3v) is 3.78. The number of hydrogen-bond donors (Lipinski definition) is 1. The van der Waals surface area contributed by atoms with Gasteiger partial charge in [-0.1, -0.05) is 59.6 Å². The van der Waals surface area contributed by atoms with Crippen LogP contribution in [0.15, 0.2) is 48.5 Å². The molecule has 1 N–H and O–H groups in total. The zero-order valence-electron chi connectivity index (χ0n) is 12.2. The lowest BCUT2D eigenvalue weighted by Gasteiger charge is -2.09. The van der Waals surface area contributed by atoms with Gasteiger partial charge in [-0.05, 0) is 17.7 Å². The van der Waals surface area contributed by atoms with E-state index >= 15 is 0 Å². The number of ether oxygens (including phenoxy) is 1. The molecule has 0 fully saturated rings. The SMILES string of the molecule is O=C(Cc1ccccc1)NCC(=O)OCc1c(Cl)cccc1Cl. The summed E-state index contributed by atoms with van der Waals surface area (Å²) in [6.07, 6.45) is 0.213. The molecule has 0 bridgehead atoms. The maximum atomic E-state index is 11.7. The summed E-state index contributed by atoms with van der Waals surface area (Å²) in [5, 5.41) is 3.38. The fraction of sp³-hybridized carbons (Fsp3) is 0.176. The summed E-state index contributed by atoms with van der Waals surface area (Å²) in [5.74, 6) is -0.800. The van der Waals surface area contributed by atoms with Crippen LogP contribution in [0.25, 0.3) is 0 Å². The summed E-state index contributed by atoms with van der Waals surface area (Å²) in [6, 6.07) is 14.3. The van der Waals surface area contributed by atoms with Gasteiger partial charge in [-0.25, -0.2) is 0 Å². The molecule has 1 amide bonds. The molecule has 2 aromatic carbocycles. The van der Waals surface area contributed by atoms with Crippen LogP contribution < -0.4 is 5.32 Å². The summed E-state index contributed by atoms with van der Waals surface area (Å²) in [5.41, 5.74) is 1.42. The summed E-state index contributed by atoms with van der Waals surface area (Å²) >= 11 is 12.0. The second-order valence-electron chi connectivity index (χ2n) is 4.80. The molecular weight excluding hydrogens is 337 g/mol. The first-order valence-electron chi connectivity index (χ1n) is 6.95. The van der Waals surface area contributed by atoms with Gasteiger partial charge in [-0.3, -0.25) is 9.59 Å². The van der Waals surface area contributed by atoms with Gasteiger partial charge in [0.1, 0.15) is 13.2 Å². The van der Waals surface area contributed by atoms with Gasteiger partial charge < -0.3 is 10.1 Å². The van der Waals surface area contributed by atoms with E-state index in [4.69, 9.17) is 27.9 Å². The van der Waals surface area contributed by atoms with Gasteiger partial charge in [0.05, 0.1) is 6.42 Å². The molecule has 23 heavy (non-hydrogen) atoms. The highest BCUT2D eigenvalue weighted by Crippen LogP contribution is 2.24. The van der Waals surface area contributed by atoms with Gasteiger partial charge >= 0.3 is 5.97 Å². The topological polar surface area (TPSA) is 55.4 Å². The number of esters is 1. The zero-order chi connectivity index (χ0) is 16.7. The molecule has 0 radical (unpaired) electrons. The van der Waals surface area contributed by atoms with Crippen molar-refractivity contribution in [3.05, 3.63) is 69.7 Å². The Hall–Kier alpha value is -2.04. The Morgan fingerprint density at radius 2 is 1.61 bits per heavy atom. The number of rotatable bonds is 6. The van der Waals surface area contributed by atoms with Crippen LogP contribution in [0.1, 0.15) is 11.1 Å².